The van der Waals surface area contributed by atoms with Crippen LogP contribution in [0, 0.1) is 0 Å². The van der Waals surface area contributed by atoms with Crippen molar-refractivity contribution in [2.45, 2.75) is 12.8 Å². The summed E-state index contributed by atoms with van der Waals surface area (Å²) in [6.45, 7) is 0.133. The Morgan fingerprint density at radius 2 is 2.08 bits per heavy atom. The summed E-state index contributed by atoms with van der Waals surface area (Å²) >= 11 is 0. The summed E-state index contributed by atoms with van der Waals surface area (Å²) < 4.78 is 0. The summed E-state index contributed by atoms with van der Waals surface area (Å²) in [4.78, 5) is 0. The van der Waals surface area contributed by atoms with Crippen molar-refractivity contribution in [1.82, 2.24) is 0 Å². The molecular weight excluding hydrogens is 154 g/mol. The van der Waals surface area contributed by atoms with Gasteiger partial charge in [-0.1, -0.05) is 0 Å². The summed E-state index contributed by atoms with van der Waals surface area (Å²) in [5, 5.41) is 17.9. The summed E-state index contributed by atoms with van der Waals surface area (Å²) in [6, 6.07) is 4.95. The maximum absolute atomic E-state index is 9.32. The lowest BCUT2D eigenvalue weighted by Crippen LogP contribution is -1.92. The molecule has 1 aromatic rings. The molecule has 0 saturated heterocycles. The third-order valence-corrected chi connectivity index (χ3v) is 1.71. The first-order valence-corrected chi connectivity index (χ1v) is 3.92. The molecule has 3 nitrogen and oxygen atoms in total. The quantitative estimate of drug-likeness (QED) is 0.463. The van der Waals surface area contributed by atoms with Gasteiger partial charge in [0.05, 0.1) is 0 Å². The third kappa shape index (κ3) is 2.13. The molecule has 0 atom stereocenters. The number of anilines is 1. The van der Waals surface area contributed by atoms with Crippen molar-refractivity contribution < 1.29 is 10.2 Å². The Morgan fingerprint density at radius 1 is 1.33 bits per heavy atom. The van der Waals surface area contributed by atoms with Crippen LogP contribution in [0.25, 0.3) is 0 Å². The highest BCUT2D eigenvalue weighted by Crippen LogP contribution is 2.20. The van der Waals surface area contributed by atoms with Crippen LogP contribution in [0.4, 0.5) is 5.69 Å². The van der Waals surface area contributed by atoms with E-state index in [1.165, 1.54) is 0 Å². The van der Waals surface area contributed by atoms with Gasteiger partial charge < -0.3 is 15.9 Å². The first-order chi connectivity index (χ1) is 5.74. The monoisotopic (exact) mass is 167 g/mol. The molecule has 12 heavy (non-hydrogen) atoms. The van der Waals surface area contributed by atoms with E-state index in [0.29, 0.717) is 18.5 Å². The Balaban J connectivity index is 2.75. The molecule has 0 heterocycles. The summed E-state index contributed by atoms with van der Waals surface area (Å²) in [7, 11) is 0. The zero-order chi connectivity index (χ0) is 8.97. The standard InChI is InChI=1S/C9H13NO2/c10-8-3-4-9(12)7(6-8)2-1-5-11/h3-4,6,11-12H,1-2,5,10H2. The number of rotatable bonds is 3. The average molecular weight is 167 g/mol. The van der Waals surface area contributed by atoms with Crippen molar-refractivity contribution in [3.8, 4) is 5.75 Å². The van der Waals surface area contributed by atoms with Crippen LogP contribution in [0.3, 0.4) is 0 Å². The smallest absolute Gasteiger partial charge is 0.118 e. The number of aromatic hydroxyl groups is 1. The largest absolute Gasteiger partial charge is 0.508 e. The number of nitrogens with two attached hydrogens (primary N) is 1. The van der Waals surface area contributed by atoms with Crippen LogP contribution in [-0.4, -0.2) is 16.8 Å². The average Bonchev–Trinajstić information content (AvgIpc) is 2.07. The number of hydrogen-bond acceptors (Lipinski definition) is 3. The van der Waals surface area contributed by atoms with Crippen LogP contribution in [0.5, 0.6) is 5.75 Å². The third-order valence-electron chi connectivity index (χ3n) is 1.71. The van der Waals surface area contributed by atoms with Crippen molar-refractivity contribution in [2.24, 2.45) is 0 Å². The van der Waals surface area contributed by atoms with Crippen LogP contribution in [0.1, 0.15) is 12.0 Å². The molecule has 0 unspecified atom stereocenters. The van der Waals surface area contributed by atoms with Crippen molar-refractivity contribution >= 4 is 5.69 Å². The fraction of sp³-hybridized carbons (Fsp3) is 0.333. The van der Waals surface area contributed by atoms with Crippen LogP contribution in [0.15, 0.2) is 18.2 Å². The van der Waals surface area contributed by atoms with E-state index in [1.807, 2.05) is 0 Å². The van der Waals surface area contributed by atoms with E-state index >= 15 is 0 Å². The Morgan fingerprint density at radius 3 is 2.75 bits per heavy atom. The number of aliphatic hydroxyl groups excluding tert-OH is 1. The molecule has 1 aromatic carbocycles. The number of hydrogen-bond donors (Lipinski definition) is 3. The zero-order valence-electron chi connectivity index (χ0n) is 6.83. The maximum Gasteiger partial charge on any atom is 0.118 e. The lowest BCUT2D eigenvalue weighted by molar-refractivity contribution is 0.288. The van der Waals surface area contributed by atoms with Gasteiger partial charge in [0.1, 0.15) is 5.75 Å². The molecule has 0 aromatic heterocycles. The van der Waals surface area contributed by atoms with Crippen molar-refractivity contribution in [3.63, 3.8) is 0 Å². The number of phenols is 1. The molecule has 0 aliphatic carbocycles. The molecule has 4 N–H and O–H groups in total. The predicted octanol–water partition coefficient (Wildman–Crippen LogP) is 0.899. The minimum Gasteiger partial charge on any atom is -0.508 e. The molecule has 0 spiro atoms. The number of nitrogen functional groups attached to an aromatic ring is 1. The minimum absolute atomic E-state index is 0.133. The van der Waals surface area contributed by atoms with E-state index in [9.17, 15) is 5.11 Å². The summed E-state index contributed by atoms with van der Waals surface area (Å²) in [5.74, 6) is 0.248. The van der Waals surface area contributed by atoms with E-state index in [1.54, 1.807) is 18.2 Å². The van der Waals surface area contributed by atoms with E-state index in [2.05, 4.69) is 0 Å². The number of aliphatic hydroxyl groups is 1. The Kier molecular flexibility index (Phi) is 2.94. The van der Waals surface area contributed by atoms with Gasteiger partial charge in [0.15, 0.2) is 0 Å². The van der Waals surface area contributed by atoms with Gasteiger partial charge in [0.25, 0.3) is 0 Å². The van der Waals surface area contributed by atoms with E-state index in [-0.39, 0.29) is 12.4 Å². The second-order valence-corrected chi connectivity index (χ2v) is 2.72. The Hall–Kier alpha value is -1.22. The first-order valence-electron chi connectivity index (χ1n) is 3.92. The summed E-state index contributed by atoms with van der Waals surface area (Å²) in [5.41, 5.74) is 6.96. The van der Waals surface area contributed by atoms with Crippen LogP contribution >= 0.6 is 0 Å². The molecular formula is C9H13NO2. The highest BCUT2D eigenvalue weighted by atomic mass is 16.3. The normalized spacial score (nSPS) is 10.1. The van der Waals surface area contributed by atoms with Crippen molar-refractivity contribution in [3.05, 3.63) is 23.8 Å². The maximum atomic E-state index is 9.32. The fourth-order valence-corrected chi connectivity index (χ4v) is 1.08. The van der Waals surface area contributed by atoms with E-state index in [4.69, 9.17) is 10.8 Å². The van der Waals surface area contributed by atoms with E-state index in [0.717, 1.165) is 5.56 Å². The first kappa shape index (κ1) is 8.87. The molecule has 0 saturated carbocycles. The van der Waals surface area contributed by atoms with Gasteiger partial charge in [-0.25, -0.2) is 0 Å². The molecule has 0 aliphatic heterocycles. The highest BCUT2D eigenvalue weighted by molar-refractivity contribution is 5.47. The Labute approximate surface area is 71.5 Å². The van der Waals surface area contributed by atoms with Gasteiger partial charge in [-0.05, 0) is 36.6 Å². The molecule has 0 radical (unpaired) electrons. The zero-order valence-corrected chi connectivity index (χ0v) is 6.83. The van der Waals surface area contributed by atoms with E-state index < -0.39 is 0 Å². The van der Waals surface area contributed by atoms with Gasteiger partial charge in [-0.15, -0.1) is 0 Å². The van der Waals surface area contributed by atoms with Crippen LogP contribution < -0.4 is 5.73 Å². The number of benzene rings is 1. The molecule has 3 heteroatoms. The SMILES string of the molecule is Nc1ccc(O)c(CCCO)c1. The molecule has 66 valence electrons. The van der Waals surface area contributed by atoms with Gasteiger partial charge in [0.2, 0.25) is 0 Å². The lowest BCUT2D eigenvalue weighted by atomic mass is 10.1. The van der Waals surface area contributed by atoms with Crippen LogP contribution in [-0.2, 0) is 6.42 Å². The van der Waals surface area contributed by atoms with Crippen molar-refractivity contribution in [1.29, 1.82) is 0 Å². The lowest BCUT2D eigenvalue weighted by Gasteiger charge is -2.03. The molecule has 0 bridgehead atoms. The topological polar surface area (TPSA) is 66.5 Å². The van der Waals surface area contributed by atoms with Gasteiger partial charge >= 0.3 is 0 Å². The van der Waals surface area contributed by atoms with Gasteiger partial charge in [0, 0.05) is 12.3 Å². The Bertz CT molecular complexity index is 261. The number of aryl methyl sites for hydroxylation is 1. The second-order valence-electron chi connectivity index (χ2n) is 2.72. The molecule has 1 rings (SSSR count). The van der Waals surface area contributed by atoms with Crippen molar-refractivity contribution in [2.75, 3.05) is 12.3 Å². The molecule has 0 aliphatic rings. The molecule has 0 fully saturated rings. The van der Waals surface area contributed by atoms with Gasteiger partial charge in [-0.2, -0.15) is 0 Å². The summed E-state index contributed by atoms with van der Waals surface area (Å²) in [6.07, 6.45) is 1.31. The number of phenolic OH excluding ortho intramolecular Hbond substituents is 1. The minimum atomic E-state index is 0.133. The highest BCUT2D eigenvalue weighted by Gasteiger charge is 2.00. The fourth-order valence-electron chi connectivity index (χ4n) is 1.08. The predicted molar refractivity (Wildman–Crippen MR) is 47.9 cm³/mol. The van der Waals surface area contributed by atoms with Gasteiger partial charge in [-0.3, -0.25) is 0 Å². The molecule has 0 amide bonds. The second kappa shape index (κ2) is 3.97. The van der Waals surface area contributed by atoms with Crippen LogP contribution in [0.2, 0.25) is 0 Å².